The van der Waals surface area contributed by atoms with Crippen molar-refractivity contribution in [1.82, 2.24) is 0 Å². The Hall–Kier alpha value is -0.730. The maximum Gasteiger partial charge on any atom is 0.187 e. The van der Waals surface area contributed by atoms with Gasteiger partial charge in [-0.15, -0.1) is 0 Å². The molecule has 0 aromatic rings. The molecule has 2 rings (SSSR count). The van der Waals surface area contributed by atoms with Crippen LogP contribution in [0, 0.1) is 5.92 Å². The fraction of sp³-hybridized carbons (Fsp3) is 0.958. The molecule has 206 valence electrons. The van der Waals surface area contributed by atoms with Gasteiger partial charge in [-0.3, -0.25) is 0 Å². The fourth-order valence-corrected chi connectivity index (χ4v) is 4.52. The van der Waals surface area contributed by atoms with Gasteiger partial charge in [-0.1, -0.05) is 58.3 Å². The molecule has 0 spiro atoms. The monoisotopic (exact) mass is 508 g/mol. The molecular formula is C24H44O11. The van der Waals surface area contributed by atoms with Crippen molar-refractivity contribution in [3.8, 4) is 0 Å². The highest BCUT2D eigenvalue weighted by molar-refractivity contribution is 5.56. The quantitative estimate of drug-likeness (QED) is 0.118. The van der Waals surface area contributed by atoms with Crippen molar-refractivity contribution in [3.63, 3.8) is 0 Å². The van der Waals surface area contributed by atoms with Crippen LogP contribution in [0.4, 0.5) is 0 Å². The number of aldehydes is 1. The fourth-order valence-electron chi connectivity index (χ4n) is 4.52. The molecule has 0 aromatic heterocycles. The lowest BCUT2D eigenvalue weighted by molar-refractivity contribution is -0.349. The lowest BCUT2D eigenvalue weighted by Gasteiger charge is -2.46. The summed E-state index contributed by atoms with van der Waals surface area (Å²) in [6.45, 7) is 1.29. The Morgan fingerprint density at radius 3 is 1.86 bits per heavy atom. The van der Waals surface area contributed by atoms with Gasteiger partial charge in [0.1, 0.15) is 49.0 Å². The summed E-state index contributed by atoms with van der Waals surface area (Å²) in [5.74, 6) is -1.18. The molecule has 6 unspecified atom stereocenters. The van der Waals surface area contributed by atoms with Gasteiger partial charge < -0.3 is 54.4 Å². The molecule has 2 saturated heterocycles. The molecule has 6 N–H and O–H groups in total. The van der Waals surface area contributed by atoms with Crippen molar-refractivity contribution in [1.29, 1.82) is 0 Å². The molecule has 11 heteroatoms. The van der Waals surface area contributed by atoms with Crippen LogP contribution in [-0.2, 0) is 23.7 Å². The molecule has 0 aliphatic carbocycles. The normalized spacial score (nSPS) is 37.9. The molecule has 2 heterocycles. The molecule has 2 aliphatic heterocycles. The average Bonchev–Trinajstić information content (AvgIpc) is 2.86. The van der Waals surface area contributed by atoms with E-state index in [1.54, 1.807) is 0 Å². The van der Waals surface area contributed by atoms with Crippen molar-refractivity contribution in [2.75, 3.05) is 19.8 Å². The minimum atomic E-state index is -1.70. The smallest absolute Gasteiger partial charge is 0.187 e. The lowest BCUT2D eigenvalue weighted by Crippen LogP contribution is -2.63. The van der Waals surface area contributed by atoms with Crippen LogP contribution in [0.2, 0.25) is 0 Å². The first-order valence-electron chi connectivity index (χ1n) is 12.9. The minimum absolute atomic E-state index is 0.319. The van der Waals surface area contributed by atoms with Crippen LogP contribution >= 0.6 is 0 Å². The van der Waals surface area contributed by atoms with Crippen molar-refractivity contribution >= 4 is 6.29 Å². The number of carbonyl (C=O) groups excluding carboxylic acids is 1. The Balaban J connectivity index is 1.84. The predicted octanol–water partition coefficient (Wildman–Crippen LogP) is -0.388. The topological polar surface area (TPSA) is 175 Å². The van der Waals surface area contributed by atoms with E-state index in [0.717, 1.165) is 19.3 Å². The van der Waals surface area contributed by atoms with Crippen LogP contribution in [0.15, 0.2) is 0 Å². The Kier molecular flexibility index (Phi) is 14.1. The van der Waals surface area contributed by atoms with E-state index < -0.39 is 74.4 Å². The number of aliphatic hydroxyl groups is 6. The SMILES string of the molecule is CCCCCCCCCCCO[C@@H]1OC(CO)[C@@H](O[C@H]2OC(CO)[C@@H](O)C(O)C2O)C(C=O)C1O. The first-order valence-corrected chi connectivity index (χ1v) is 12.9. The molecular weight excluding hydrogens is 464 g/mol. The summed E-state index contributed by atoms with van der Waals surface area (Å²) in [6, 6.07) is 0. The lowest BCUT2D eigenvalue weighted by atomic mass is 9.89. The third-order valence-corrected chi connectivity index (χ3v) is 6.73. The first kappa shape index (κ1) is 30.5. The third kappa shape index (κ3) is 8.67. The maximum absolute atomic E-state index is 11.8. The second-order valence-corrected chi connectivity index (χ2v) is 9.43. The number of unbranched alkanes of at least 4 members (excludes halogenated alkanes) is 8. The van der Waals surface area contributed by atoms with E-state index in [9.17, 15) is 35.4 Å². The summed E-state index contributed by atoms with van der Waals surface area (Å²) in [6.07, 6.45) is -1.83. The van der Waals surface area contributed by atoms with Crippen molar-refractivity contribution in [2.45, 2.75) is 120 Å². The second kappa shape index (κ2) is 16.2. The van der Waals surface area contributed by atoms with E-state index in [1.807, 2.05) is 0 Å². The molecule has 0 radical (unpaired) electrons. The van der Waals surface area contributed by atoms with Gasteiger partial charge in [-0.25, -0.2) is 0 Å². The molecule has 0 amide bonds. The van der Waals surface area contributed by atoms with Crippen molar-refractivity contribution in [2.24, 2.45) is 5.92 Å². The zero-order chi connectivity index (χ0) is 25.8. The maximum atomic E-state index is 11.8. The summed E-state index contributed by atoms with van der Waals surface area (Å²) in [7, 11) is 0. The van der Waals surface area contributed by atoms with Crippen LogP contribution in [0.25, 0.3) is 0 Å². The second-order valence-electron chi connectivity index (χ2n) is 9.43. The Bertz CT molecular complexity index is 578. The summed E-state index contributed by atoms with van der Waals surface area (Å²) in [4.78, 5) is 11.8. The van der Waals surface area contributed by atoms with E-state index >= 15 is 0 Å². The number of hydrogen-bond donors (Lipinski definition) is 6. The van der Waals surface area contributed by atoms with Gasteiger partial charge in [0.05, 0.1) is 19.1 Å². The summed E-state index contributed by atoms with van der Waals surface area (Å²) in [5.41, 5.74) is 0. The van der Waals surface area contributed by atoms with Gasteiger partial charge in [0.15, 0.2) is 12.6 Å². The van der Waals surface area contributed by atoms with E-state index in [-0.39, 0.29) is 0 Å². The Labute approximate surface area is 207 Å². The van der Waals surface area contributed by atoms with E-state index in [1.165, 1.54) is 38.5 Å². The molecule has 35 heavy (non-hydrogen) atoms. The van der Waals surface area contributed by atoms with Crippen LogP contribution in [0.3, 0.4) is 0 Å². The molecule has 0 aromatic carbocycles. The van der Waals surface area contributed by atoms with Gasteiger partial charge in [-0.05, 0) is 6.42 Å². The zero-order valence-corrected chi connectivity index (χ0v) is 20.6. The highest BCUT2D eigenvalue weighted by atomic mass is 16.7. The minimum Gasteiger partial charge on any atom is -0.394 e. The largest absolute Gasteiger partial charge is 0.394 e. The van der Waals surface area contributed by atoms with Crippen LogP contribution in [-0.4, -0.2) is 112 Å². The number of hydrogen-bond acceptors (Lipinski definition) is 11. The average molecular weight is 509 g/mol. The highest BCUT2D eigenvalue weighted by Crippen LogP contribution is 2.32. The molecule has 2 fully saturated rings. The molecule has 10 atom stereocenters. The van der Waals surface area contributed by atoms with Crippen LogP contribution in [0.5, 0.6) is 0 Å². The predicted molar refractivity (Wildman–Crippen MR) is 123 cm³/mol. The van der Waals surface area contributed by atoms with E-state index in [0.29, 0.717) is 12.9 Å². The van der Waals surface area contributed by atoms with E-state index in [4.69, 9.17) is 18.9 Å². The molecule has 11 nitrogen and oxygen atoms in total. The van der Waals surface area contributed by atoms with Gasteiger partial charge in [0.25, 0.3) is 0 Å². The van der Waals surface area contributed by atoms with E-state index in [2.05, 4.69) is 6.92 Å². The number of carbonyl (C=O) groups is 1. The Morgan fingerprint density at radius 2 is 1.29 bits per heavy atom. The summed E-state index contributed by atoms with van der Waals surface area (Å²) < 4.78 is 22.3. The standard InChI is InChI=1S/C24H44O11/c1-2-3-4-5-6-7-8-9-10-11-32-23-18(28)15(12-25)22(17(14-27)34-23)35-24-21(31)20(30)19(29)16(13-26)33-24/h12,15-24,26-31H,2-11,13-14H2,1H3/t15?,16?,17?,18?,19-,20?,21?,22+,23-,24-/m1/s1. The van der Waals surface area contributed by atoms with Crippen LogP contribution < -0.4 is 0 Å². The molecule has 0 saturated carbocycles. The van der Waals surface area contributed by atoms with Gasteiger partial charge in [0.2, 0.25) is 0 Å². The van der Waals surface area contributed by atoms with Crippen molar-refractivity contribution < 1.29 is 54.4 Å². The highest BCUT2D eigenvalue weighted by Gasteiger charge is 2.51. The first-order chi connectivity index (χ1) is 16.9. The number of aliphatic hydroxyl groups excluding tert-OH is 6. The van der Waals surface area contributed by atoms with Gasteiger partial charge in [-0.2, -0.15) is 0 Å². The third-order valence-electron chi connectivity index (χ3n) is 6.73. The summed E-state index contributed by atoms with van der Waals surface area (Å²) in [5, 5.41) is 60.0. The summed E-state index contributed by atoms with van der Waals surface area (Å²) >= 11 is 0. The van der Waals surface area contributed by atoms with Gasteiger partial charge >= 0.3 is 0 Å². The van der Waals surface area contributed by atoms with Gasteiger partial charge in [0, 0.05) is 6.61 Å². The zero-order valence-electron chi connectivity index (χ0n) is 20.6. The van der Waals surface area contributed by atoms with Crippen LogP contribution in [0.1, 0.15) is 64.7 Å². The molecule has 2 aliphatic rings. The number of rotatable bonds is 16. The number of ether oxygens (including phenoxy) is 4. The Morgan fingerprint density at radius 1 is 0.714 bits per heavy atom. The molecule has 0 bridgehead atoms. The van der Waals surface area contributed by atoms with Crippen molar-refractivity contribution in [3.05, 3.63) is 0 Å².